The molecule has 0 unspecified atom stereocenters. The molecule has 18 heavy (non-hydrogen) atoms. The normalized spacial score (nSPS) is 10.5. The van der Waals surface area contributed by atoms with Gasteiger partial charge in [0.25, 0.3) is 0 Å². The fraction of sp³-hybridized carbons (Fsp3) is 0.833. The van der Waals surface area contributed by atoms with Crippen LogP contribution < -0.4 is 10.6 Å². The van der Waals surface area contributed by atoms with Crippen molar-refractivity contribution >= 4 is 35.9 Å². The highest BCUT2D eigenvalue weighted by molar-refractivity contribution is 14.0. The lowest BCUT2D eigenvalue weighted by atomic mass is 10.2. The van der Waals surface area contributed by atoms with Crippen LogP contribution in [0.15, 0.2) is 4.99 Å². The highest BCUT2D eigenvalue weighted by Crippen LogP contribution is 1.96. The van der Waals surface area contributed by atoms with Crippen molar-refractivity contribution in [2.75, 3.05) is 27.2 Å². The minimum atomic E-state index is -0.212. The number of unbranched alkanes of at least 4 members (excludes halogenated alkanes) is 3. The van der Waals surface area contributed by atoms with E-state index >= 15 is 0 Å². The third-order valence-electron chi connectivity index (χ3n) is 2.40. The van der Waals surface area contributed by atoms with Crippen molar-refractivity contribution in [1.82, 2.24) is 10.6 Å². The Bertz CT molecular complexity index is 235. The van der Waals surface area contributed by atoms with Crippen molar-refractivity contribution < 1.29 is 9.53 Å². The number of halogens is 1. The van der Waals surface area contributed by atoms with Crippen LogP contribution in [-0.2, 0) is 9.53 Å². The van der Waals surface area contributed by atoms with Gasteiger partial charge in [-0.25, -0.2) is 0 Å². The Morgan fingerprint density at radius 3 is 2.39 bits per heavy atom. The predicted molar refractivity (Wildman–Crippen MR) is 85.6 cm³/mol. The summed E-state index contributed by atoms with van der Waals surface area (Å²) in [5, 5.41) is 6.27. The van der Waals surface area contributed by atoms with Gasteiger partial charge in [0.15, 0.2) is 5.96 Å². The summed E-state index contributed by atoms with van der Waals surface area (Å²) in [6.07, 6.45) is 5.25. The third-order valence-corrected chi connectivity index (χ3v) is 2.40. The topological polar surface area (TPSA) is 62.7 Å². The summed E-state index contributed by atoms with van der Waals surface area (Å²) >= 11 is 0. The van der Waals surface area contributed by atoms with Crippen molar-refractivity contribution in [2.45, 2.75) is 39.0 Å². The molecule has 0 saturated carbocycles. The van der Waals surface area contributed by atoms with Gasteiger partial charge in [0.1, 0.15) is 0 Å². The molecule has 0 aliphatic heterocycles. The highest BCUT2D eigenvalue weighted by Gasteiger charge is 2.01. The molecule has 5 nitrogen and oxygen atoms in total. The molecule has 0 heterocycles. The first-order valence-electron chi connectivity index (χ1n) is 6.26. The molecule has 0 aromatic heterocycles. The van der Waals surface area contributed by atoms with Crippen LogP contribution in [0.4, 0.5) is 0 Å². The number of aliphatic imine (C=N–C) groups is 1. The summed E-state index contributed by atoms with van der Waals surface area (Å²) in [6, 6.07) is 0. The number of guanidine groups is 1. The van der Waals surface area contributed by atoms with E-state index in [9.17, 15) is 4.79 Å². The van der Waals surface area contributed by atoms with Gasteiger partial charge in [-0.2, -0.15) is 0 Å². The maximum atomic E-state index is 10.9. The SMILES string of the molecule is CCCCCCNC(=NC)NCCC(=O)OC.I. The van der Waals surface area contributed by atoms with E-state index < -0.39 is 0 Å². The van der Waals surface area contributed by atoms with Gasteiger partial charge in [-0.15, -0.1) is 24.0 Å². The Labute approximate surface area is 127 Å². The van der Waals surface area contributed by atoms with E-state index in [-0.39, 0.29) is 29.9 Å². The third kappa shape index (κ3) is 11.9. The van der Waals surface area contributed by atoms with Gasteiger partial charge in [0.2, 0.25) is 0 Å². The molecule has 0 radical (unpaired) electrons. The van der Waals surface area contributed by atoms with Gasteiger partial charge in [-0.1, -0.05) is 26.2 Å². The Balaban J connectivity index is 0. The smallest absolute Gasteiger partial charge is 0.307 e. The molecule has 0 bridgehead atoms. The molecule has 0 amide bonds. The second-order valence-electron chi connectivity index (χ2n) is 3.81. The van der Waals surface area contributed by atoms with E-state index in [1.807, 2.05) is 0 Å². The van der Waals surface area contributed by atoms with Gasteiger partial charge in [-0.05, 0) is 6.42 Å². The van der Waals surface area contributed by atoms with E-state index in [4.69, 9.17) is 0 Å². The quantitative estimate of drug-likeness (QED) is 0.225. The lowest BCUT2D eigenvalue weighted by molar-refractivity contribution is -0.140. The first-order chi connectivity index (χ1) is 8.24. The molecular weight excluding hydrogens is 345 g/mol. The molecule has 0 rings (SSSR count). The van der Waals surface area contributed by atoms with Crippen molar-refractivity contribution in [1.29, 1.82) is 0 Å². The molecule has 0 fully saturated rings. The lowest BCUT2D eigenvalue weighted by Crippen LogP contribution is -2.38. The average Bonchev–Trinajstić information content (AvgIpc) is 2.36. The number of hydrogen-bond acceptors (Lipinski definition) is 3. The van der Waals surface area contributed by atoms with E-state index in [1.54, 1.807) is 7.05 Å². The summed E-state index contributed by atoms with van der Waals surface area (Å²) < 4.78 is 4.55. The van der Waals surface area contributed by atoms with Crippen LogP contribution in [0.1, 0.15) is 39.0 Å². The Kier molecular flexibility index (Phi) is 16.0. The molecule has 108 valence electrons. The Morgan fingerprint density at radius 1 is 1.17 bits per heavy atom. The first kappa shape index (κ1) is 19.8. The van der Waals surface area contributed by atoms with Crippen LogP contribution in [0.3, 0.4) is 0 Å². The van der Waals surface area contributed by atoms with Gasteiger partial charge in [0.05, 0.1) is 13.5 Å². The van der Waals surface area contributed by atoms with Gasteiger partial charge in [0, 0.05) is 20.1 Å². The van der Waals surface area contributed by atoms with E-state index in [0.717, 1.165) is 18.9 Å². The summed E-state index contributed by atoms with van der Waals surface area (Å²) in [6.45, 7) is 3.65. The minimum absolute atomic E-state index is 0. The molecule has 6 heteroatoms. The minimum Gasteiger partial charge on any atom is -0.469 e. The van der Waals surface area contributed by atoms with E-state index in [0.29, 0.717) is 13.0 Å². The van der Waals surface area contributed by atoms with Crippen LogP contribution >= 0.6 is 24.0 Å². The maximum absolute atomic E-state index is 10.9. The van der Waals surface area contributed by atoms with Gasteiger partial charge < -0.3 is 15.4 Å². The number of carbonyl (C=O) groups excluding carboxylic acids is 1. The second kappa shape index (κ2) is 14.5. The first-order valence-corrected chi connectivity index (χ1v) is 6.26. The Hall–Kier alpha value is -0.530. The van der Waals surface area contributed by atoms with Crippen molar-refractivity contribution in [3.05, 3.63) is 0 Å². The highest BCUT2D eigenvalue weighted by atomic mass is 127. The number of nitrogens with one attached hydrogen (secondary N) is 2. The Morgan fingerprint density at radius 2 is 1.83 bits per heavy atom. The summed E-state index contributed by atoms with van der Waals surface area (Å²) in [5.74, 6) is 0.529. The summed E-state index contributed by atoms with van der Waals surface area (Å²) in [5.41, 5.74) is 0. The van der Waals surface area contributed by atoms with E-state index in [2.05, 4.69) is 27.3 Å². The number of nitrogens with zero attached hydrogens (tertiary/aromatic N) is 1. The number of esters is 1. The molecule has 0 aliphatic rings. The number of carbonyl (C=O) groups is 1. The molecule has 0 saturated heterocycles. The van der Waals surface area contributed by atoms with Crippen LogP contribution in [0, 0.1) is 0 Å². The zero-order valence-corrected chi connectivity index (χ0v) is 14.0. The van der Waals surface area contributed by atoms with Crippen molar-refractivity contribution in [2.24, 2.45) is 4.99 Å². The number of ether oxygens (including phenoxy) is 1. The molecule has 0 aromatic carbocycles. The van der Waals surface area contributed by atoms with Crippen LogP contribution in [0.2, 0.25) is 0 Å². The predicted octanol–water partition coefficient (Wildman–Crippen LogP) is 1.91. The molecular formula is C12H26IN3O2. The average molecular weight is 371 g/mol. The monoisotopic (exact) mass is 371 g/mol. The van der Waals surface area contributed by atoms with Crippen LogP contribution in [0.25, 0.3) is 0 Å². The zero-order valence-electron chi connectivity index (χ0n) is 11.6. The maximum Gasteiger partial charge on any atom is 0.307 e. The van der Waals surface area contributed by atoms with Crippen molar-refractivity contribution in [3.63, 3.8) is 0 Å². The van der Waals surface area contributed by atoms with Gasteiger partial charge in [-0.3, -0.25) is 9.79 Å². The van der Waals surface area contributed by atoms with Gasteiger partial charge >= 0.3 is 5.97 Å². The lowest BCUT2D eigenvalue weighted by Gasteiger charge is -2.11. The second-order valence-corrected chi connectivity index (χ2v) is 3.81. The molecule has 0 spiro atoms. The number of hydrogen-bond donors (Lipinski definition) is 2. The fourth-order valence-corrected chi connectivity index (χ4v) is 1.36. The molecule has 0 aromatic rings. The summed E-state index contributed by atoms with van der Waals surface area (Å²) in [7, 11) is 3.11. The summed E-state index contributed by atoms with van der Waals surface area (Å²) in [4.78, 5) is 15.0. The fourth-order valence-electron chi connectivity index (χ4n) is 1.36. The molecule has 0 aliphatic carbocycles. The molecule has 2 N–H and O–H groups in total. The number of rotatable bonds is 8. The zero-order chi connectivity index (χ0) is 12.9. The van der Waals surface area contributed by atoms with E-state index in [1.165, 1.54) is 26.4 Å². The molecule has 0 atom stereocenters. The van der Waals surface area contributed by atoms with Crippen molar-refractivity contribution in [3.8, 4) is 0 Å². The van der Waals surface area contributed by atoms with Crippen LogP contribution in [0.5, 0.6) is 0 Å². The standard InChI is InChI=1S/C12H25N3O2.HI/c1-4-5-6-7-9-14-12(13-2)15-10-8-11(16)17-3;/h4-10H2,1-3H3,(H2,13,14,15);1H. The number of methoxy groups -OCH3 is 1. The van der Waals surface area contributed by atoms with Crippen LogP contribution in [-0.4, -0.2) is 39.2 Å². The largest absolute Gasteiger partial charge is 0.469 e.